The summed E-state index contributed by atoms with van der Waals surface area (Å²) in [5, 5.41) is 3.68. The minimum Gasteiger partial charge on any atom is -0.497 e. The molecule has 196 valence electrons. The average molecular weight is 524 g/mol. The number of hydrogen-bond acceptors (Lipinski definition) is 8. The quantitative estimate of drug-likeness (QED) is 0.381. The van der Waals surface area contributed by atoms with Gasteiger partial charge >= 0.3 is 0 Å². The molecule has 37 heavy (non-hydrogen) atoms. The Balaban J connectivity index is 1.86. The minimum atomic E-state index is -0.0869. The number of benzene rings is 2. The maximum Gasteiger partial charge on any atom is 0.203 e. The highest BCUT2D eigenvalue weighted by Gasteiger charge is 2.29. The monoisotopic (exact) mass is 523 g/mol. The highest BCUT2D eigenvalue weighted by Crippen LogP contribution is 2.50. The summed E-state index contributed by atoms with van der Waals surface area (Å²) in [4.78, 5) is 13.8. The van der Waals surface area contributed by atoms with E-state index in [2.05, 4.69) is 5.32 Å². The molecule has 3 aromatic rings. The highest BCUT2D eigenvalue weighted by molar-refractivity contribution is 7.98. The third kappa shape index (κ3) is 5.36. The number of hydrogen-bond donors (Lipinski definition) is 1. The molecular formula is C29H33NO6S. The standard InChI is InChI=1S/C29H33NO6S/c1-32-19-11-17(12-20(14-19)33-2)16-30-23-9-7-18-13-25(34-3)28(35-4)29(36-5)27(18)21-8-10-26(37-6)24(31)15-22(21)23/h8,10-15,23,30H,7,9,16H2,1-6H3/t23-/m0/s1. The van der Waals surface area contributed by atoms with Crippen molar-refractivity contribution in [3.05, 3.63) is 69.4 Å². The summed E-state index contributed by atoms with van der Waals surface area (Å²) >= 11 is 1.44. The molecule has 0 unspecified atom stereocenters. The second-order valence-electron chi connectivity index (χ2n) is 8.65. The zero-order valence-corrected chi connectivity index (χ0v) is 22.9. The molecule has 1 N–H and O–H groups in total. The number of fused-ring (bicyclic) bond motifs is 3. The van der Waals surface area contributed by atoms with E-state index < -0.39 is 0 Å². The van der Waals surface area contributed by atoms with Gasteiger partial charge in [-0.3, -0.25) is 4.79 Å². The van der Waals surface area contributed by atoms with Gasteiger partial charge in [0.15, 0.2) is 16.9 Å². The molecule has 1 aliphatic rings. The predicted octanol–water partition coefficient (Wildman–Crippen LogP) is 5.26. The Hall–Kier alpha value is -3.36. The topological polar surface area (TPSA) is 75.3 Å². The molecule has 7 nitrogen and oxygen atoms in total. The van der Waals surface area contributed by atoms with Crippen LogP contribution in [0.3, 0.4) is 0 Å². The fourth-order valence-electron chi connectivity index (χ4n) is 4.89. The van der Waals surface area contributed by atoms with Gasteiger partial charge in [0.05, 0.1) is 40.4 Å². The zero-order valence-electron chi connectivity index (χ0n) is 22.1. The molecule has 1 atom stereocenters. The normalized spacial score (nSPS) is 14.2. The van der Waals surface area contributed by atoms with Crippen LogP contribution in [0.4, 0.5) is 0 Å². The smallest absolute Gasteiger partial charge is 0.203 e. The molecule has 0 radical (unpaired) electrons. The molecule has 0 bridgehead atoms. The van der Waals surface area contributed by atoms with Crippen molar-refractivity contribution in [1.82, 2.24) is 5.32 Å². The van der Waals surface area contributed by atoms with Crippen LogP contribution in [0.15, 0.2) is 52.2 Å². The summed E-state index contributed by atoms with van der Waals surface area (Å²) in [5.74, 6) is 3.20. The van der Waals surface area contributed by atoms with Gasteiger partial charge in [-0.25, -0.2) is 0 Å². The van der Waals surface area contributed by atoms with E-state index in [9.17, 15) is 4.79 Å². The van der Waals surface area contributed by atoms with Gasteiger partial charge in [0, 0.05) is 24.2 Å². The molecule has 1 aliphatic carbocycles. The SMILES string of the molecule is COc1cc(CN[C@H]2CCc3cc(OC)c(OC)c(OC)c3-c3ccc(SC)c(=O)cc32)cc(OC)c1. The second-order valence-corrected chi connectivity index (χ2v) is 9.50. The lowest BCUT2D eigenvalue weighted by atomic mass is 9.95. The Morgan fingerprint density at radius 2 is 1.57 bits per heavy atom. The fraction of sp³-hybridized carbons (Fsp3) is 0.345. The van der Waals surface area contributed by atoms with Gasteiger partial charge in [-0.1, -0.05) is 6.07 Å². The number of methoxy groups -OCH3 is 5. The van der Waals surface area contributed by atoms with Crippen molar-refractivity contribution in [1.29, 1.82) is 0 Å². The van der Waals surface area contributed by atoms with Crippen LogP contribution in [0.1, 0.15) is 29.2 Å². The first-order chi connectivity index (χ1) is 18.0. The number of aryl methyl sites for hydroxylation is 1. The van der Waals surface area contributed by atoms with Crippen LogP contribution in [-0.4, -0.2) is 41.8 Å². The lowest BCUT2D eigenvalue weighted by Gasteiger charge is -2.20. The van der Waals surface area contributed by atoms with Gasteiger partial charge in [0.2, 0.25) is 5.75 Å². The highest BCUT2D eigenvalue weighted by atomic mass is 32.2. The van der Waals surface area contributed by atoms with Gasteiger partial charge in [-0.15, -0.1) is 11.8 Å². The molecule has 0 amide bonds. The Bertz CT molecular complexity index is 1320. The van der Waals surface area contributed by atoms with E-state index in [-0.39, 0.29) is 11.5 Å². The molecule has 3 aromatic carbocycles. The first-order valence-corrected chi connectivity index (χ1v) is 13.2. The maximum atomic E-state index is 13.2. The largest absolute Gasteiger partial charge is 0.497 e. The molecule has 0 aliphatic heterocycles. The molecular weight excluding hydrogens is 490 g/mol. The number of ether oxygens (including phenoxy) is 5. The summed E-state index contributed by atoms with van der Waals surface area (Å²) < 4.78 is 28.1. The Labute approximate surface area is 222 Å². The minimum absolute atomic E-state index is 0.00788. The third-order valence-corrected chi connectivity index (χ3v) is 7.46. The summed E-state index contributed by atoms with van der Waals surface area (Å²) in [6.45, 7) is 0.569. The third-order valence-electron chi connectivity index (χ3n) is 6.68. The van der Waals surface area contributed by atoms with Gasteiger partial charge in [-0.05, 0) is 71.7 Å². The van der Waals surface area contributed by atoms with E-state index in [0.29, 0.717) is 28.7 Å². The molecule has 0 saturated carbocycles. The van der Waals surface area contributed by atoms with Crippen molar-refractivity contribution < 1.29 is 23.7 Å². The fourth-order valence-corrected chi connectivity index (χ4v) is 5.35. The van der Waals surface area contributed by atoms with Crippen molar-refractivity contribution >= 4 is 11.8 Å². The Morgan fingerprint density at radius 3 is 2.16 bits per heavy atom. The van der Waals surface area contributed by atoms with E-state index in [1.807, 2.05) is 42.7 Å². The van der Waals surface area contributed by atoms with E-state index in [0.717, 1.165) is 52.2 Å². The molecule has 0 heterocycles. The Morgan fingerprint density at radius 1 is 0.865 bits per heavy atom. The summed E-state index contributed by atoms with van der Waals surface area (Å²) in [6.07, 6.45) is 3.45. The van der Waals surface area contributed by atoms with E-state index in [1.165, 1.54) is 11.8 Å². The van der Waals surface area contributed by atoms with Gasteiger partial charge in [0.25, 0.3) is 0 Å². The van der Waals surface area contributed by atoms with Crippen LogP contribution in [0.25, 0.3) is 11.1 Å². The van der Waals surface area contributed by atoms with Gasteiger partial charge < -0.3 is 29.0 Å². The number of thioether (sulfide) groups is 1. The molecule has 0 spiro atoms. The first kappa shape index (κ1) is 26.7. The predicted molar refractivity (Wildman–Crippen MR) is 147 cm³/mol. The molecule has 4 rings (SSSR count). The van der Waals surface area contributed by atoms with Crippen LogP contribution < -0.4 is 34.4 Å². The second kappa shape index (κ2) is 11.8. The van der Waals surface area contributed by atoms with E-state index in [1.54, 1.807) is 41.6 Å². The number of rotatable bonds is 9. The van der Waals surface area contributed by atoms with Crippen LogP contribution in [-0.2, 0) is 13.0 Å². The average Bonchev–Trinajstić information content (AvgIpc) is 3.18. The van der Waals surface area contributed by atoms with E-state index in [4.69, 9.17) is 23.7 Å². The molecule has 0 saturated heterocycles. The van der Waals surface area contributed by atoms with Crippen molar-refractivity contribution in [3.8, 4) is 39.9 Å². The van der Waals surface area contributed by atoms with Gasteiger partial charge in [-0.2, -0.15) is 0 Å². The van der Waals surface area contributed by atoms with Crippen LogP contribution in [0, 0.1) is 0 Å². The van der Waals surface area contributed by atoms with E-state index >= 15 is 0 Å². The lowest BCUT2D eigenvalue weighted by Crippen LogP contribution is -2.22. The van der Waals surface area contributed by atoms with Crippen LogP contribution >= 0.6 is 11.8 Å². The lowest BCUT2D eigenvalue weighted by molar-refractivity contribution is 0.324. The summed E-state index contributed by atoms with van der Waals surface area (Å²) in [6, 6.07) is 13.4. The van der Waals surface area contributed by atoms with Crippen LogP contribution in [0.2, 0.25) is 0 Å². The summed E-state index contributed by atoms with van der Waals surface area (Å²) in [5.41, 5.74) is 4.87. The zero-order chi connectivity index (χ0) is 26.5. The first-order valence-electron chi connectivity index (χ1n) is 12.0. The van der Waals surface area contributed by atoms with Crippen molar-refractivity contribution in [2.45, 2.75) is 30.3 Å². The maximum absolute atomic E-state index is 13.2. The number of nitrogens with one attached hydrogen (secondary N) is 1. The van der Waals surface area contributed by atoms with Crippen LogP contribution in [0.5, 0.6) is 28.7 Å². The molecule has 0 fully saturated rings. The molecule has 0 aromatic heterocycles. The van der Waals surface area contributed by atoms with Crippen molar-refractivity contribution in [2.24, 2.45) is 0 Å². The molecule has 8 heteroatoms. The van der Waals surface area contributed by atoms with Crippen molar-refractivity contribution in [2.75, 3.05) is 41.8 Å². The Kier molecular flexibility index (Phi) is 8.51. The van der Waals surface area contributed by atoms with Gasteiger partial charge in [0.1, 0.15) is 11.5 Å². The van der Waals surface area contributed by atoms with Crippen molar-refractivity contribution in [3.63, 3.8) is 0 Å². The summed E-state index contributed by atoms with van der Waals surface area (Å²) in [7, 11) is 8.13.